The Morgan fingerprint density at radius 2 is 1.75 bits per heavy atom. The Labute approximate surface area is 188 Å². The van der Waals surface area contributed by atoms with E-state index in [4.69, 9.17) is 25.8 Å². The highest BCUT2D eigenvalue weighted by Crippen LogP contribution is 2.36. The molecule has 2 aromatic carbocycles. The Hall–Kier alpha value is -3.66. The molecule has 166 valence electrons. The number of hydrogen-bond acceptors (Lipinski definition) is 9. The molecule has 0 saturated carbocycles. The smallest absolute Gasteiger partial charge is 0.337 e. The normalized spacial score (nSPS) is 19.4. The number of amides is 2. The number of nitrogens with zero attached hydrogens (tertiary/aromatic N) is 4. The second kappa shape index (κ2) is 8.46. The summed E-state index contributed by atoms with van der Waals surface area (Å²) in [5.74, 6) is -0.568. The Kier molecular flexibility index (Phi) is 5.70. The largest absolute Gasteiger partial charge is 0.496 e. The van der Waals surface area contributed by atoms with E-state index in [2.05, 4.69) is 10.3 Å². The summed E-state index contributed by atoms with van der Waals surface area (Å²) >= 11 is 6.17. The number of methoxy groups -OCH3 is 3. The van der Waals surface area contributed by atoms with Crippen molar-refractivity contribution in [2.75, 3.05) is 26.2 Å². The molecule has 1 saturated heterocycles. The molecule has 0 bridgehead atoms. The van der Waals surface area contributed by atoms with Crippen molar-refractivity contribution in [2.24, 2.45) is 10.3 Å². The molecule has 0 aromatic heterocycles. The van der Waals surface area contributed by atoms with Gasteiger partial charge in [-0.2, -0.15) is 5.11 Å². The van der Waals surface area contributed by atoms with Crippen molar-refractivity contribution >= 4 is 35.1 Å². The van der Waals surface area contributed by atoms with Crippen LogP contribution in [0.1, 0.15) is 15.9 Å². The minimum Gasteiger partial charge on any atom is -0.496 e. The van der Waals surface area contributed by atoms with Gasteiger partial charge in [0.1, 0.15) is 11.5 Å². The number of hydrogen-bond donors (Lipinski definition) is 0. The van der Waals surface area contributed by atoms with Crippen molar-refractivity contribution in [3.8, 4) is 11.5 Å². The average Bonchev–Trinajstić information content (AvgIpc) is 3.32. The summed E-state index contributed by atoms with van der Waals surface area (Å²) in [6.45, 7) is 0.0922. The minimum atomic E-state index is -0.974. The van der Waals surface area contributed by atoms with Crippen molar-refractivity contribution in [3.63, 3.8) is 0 Å². The van der Waals surface area contributed by atoms with E-state index in [1.807, 2.05) is 0 Å². The first kappa shape index (κ1) is 21.6. The van der Waals surface area contributed by atoms with Crippen molar-refractivity contribution in [1.29, 1.82) is 0 Å². The van der Waals surface area contributed by atoms with Gasteiger partial charge in [-0.05, 0) is 36.4 Å². The highest BCUT2D eigenvalue weighted by Gasteiger charge is 2.54. The van der Waals surface area contributed by atoms with Crippen LogP contribution in [0.4, 0.5) is 5.69 Å². The van der Waals surface area contributed by atoms with Gasteiger partial charge >= 0.3 is 5.97 Å². The third kappa shape index (κ3) is 3.52. The van der Waals surface area contributed by atoms with Gasteiger partial charge < -0.3 is 14.2 Å². The predicted octanol–water partition coefficient (Wildman–Crippen LogP) is 2.64. The molecule has 32 heavy (non-hydrogen) atoms. The van der Waals surface area contributed by atoms with E-state index in [9.17, 15) is 14.4 Å². The van der Waals surface area contributed by atoms with Crippen LogP contribution in [-0.2, 0) is 20.9 Å². The van der Waals surface area contributed by atoms with Crippen molar-refractivity contribution in [3.05, 3.63) is 52.5 Å². The first-order chi connectivity index (χ1) is 15.4. The zero-order valence-corrected chi connectivity index (χ0v) is 18.2. The molecule has 0 radical (unpaired) electrons. The predicted molar refractivity (Wildman–Crippen MR) is 113 cm³/mol. The van der Waals surface area contributed by atoms with Crippen LogP contribution in [-0.4, -0.2) is 56.2 Å². The molecule has 2 heterocycles. The maximum atomic E-state index is 13.2. The number of imide groups is 1. The third-order valence-corrected chi connectivity index (χ3v) is 5.58. The van der Waals surface area contributed by atoms with E-state index < -0.39 is 29.9 Å². The molecule has 0 N–H and O–H groups in total. The summed E-state index contributed by atoms with van der Waals surface area (Å²) in [4.78, 5) is 39.1. The van der Waals surface area contributed by atoms with E-state index in [0.717, 1.165) is 4.90 Å². The SMILES string of the molecule is COC(=O)c1ccc(OC)c(CN2N=NC3C(=O)N(c4ccc(OC)c(Cl)c4)C(=O)C32)c1. The monoisotopic (exact) mass is 458 g/mol. The van der Waals surface area contributed by atoms with Crippen molar-refractivity contribution < 1.29 is 28.6 Å². The number of anilines is 1. The lowest BCUT2D eigenvalue weighted by molar-refractivity contribution is -0.123. The summed E-state index contributed by atoms with van der Waals surface area (Å²) in [7, 11) is 4.25. The lowest BCUT2D eigenvalue weighted by Gasteiger charge is -2.22. The topological polar surface area (TPSA) is 110 Å². The number of ether oxygens (including phenoxy) is 3. The van der Waals surface area contributed by atoms with Crippen LogP contribution >= 0.6 is 11.6 Å². The highest BCUT2D eigenvalue weighted by molar-refractivity contribution is 6.33. The van der Waals surface area contributed by atoms with Crippen molar-refractivity contribution in [1.82, 2.24) is 5.01 Å². The molecule has 10 nitrogen and oxygen atoms in total. The zero-order valence-electron chi connectivity index (χ0n) is 17.4. The van der Waals surface area contributed by atoms with Gasteiger partial charge in [-0.1, -0.05) is 16.8 Å². The molecule has 0 aliphatic carbocycles. The van der Waals surface area contributed by atoms with Crippen LogP contribution in [0, 0.1) is 0 Å². The molecule has 2 aliphatic rings. The van der Waals surface area contributed by atoms with Crippen LogP contribution < -0.4 is 14.4 Å². The first-order valence-corrected chi connectivity index (χ1v) is 9.91. The van der Waals surface area contributed by atoms with Crippen LogP contribution in [0.2, 0.25) is 5.02 Å². The molecule has 4 rings (SSSR count). The maximum absolute atomic E-state index is 13.2. The quantitative estimate of drug-likeness (QED) is 0.483. The Morgan fingerprint density at radius 3 is 2.41 bits per heavy atom. The maximum Gasteiger partial charge on any atom is 0.337 e. The van der Waals surface area contributed by atoms with Gasteiger partial charge in [0, 0.05) is 5.56 Å². The van der Waals surface area contributed by atoms with Gasteiger partial charge in [0.2, 0.25) is 0 Å². The summed E-state index contributed by atoms with van der Waals surface area (Å²) in [6.07, 6.45) is 0. The second-order valence-corrected chi connectivity index (χ2v) is 7.45. The first-order valence-electron chi connectivity index (χ1n) is 9.53. The van der Waals surface area contributed by atoms with Crippen LogP contribution in [0.5, 0.6) is 11.5 Å². The summed E-state index contributed by atoms with van der Waals surface area (Å²) in [5, 5.41) is 9.73. The lowest BCUT2D eigenvalue weighted by Crippen LogP contribution is -2.39. The van der Waals surface area contributed by atoms with E-state index in [-0.39, 0.29) is 11.6 Å². The van der Waals surface area contributed by atoms with Crippen LogP contribution in [0.25, 0.3) is 0 Å². The molecule has 2 atom stereocenters. The van der Waals surface area contributed by atoms with E-state index in [1.54, 1.807) is 30.3 Å². The highest BCUT2D eigenvalue weighted by atomic mass is 35.5. The van der Waals surface area contributed by atoms with E-state index in [0.29, 0.717) is 28.3 Å². The Bertz CT molecular complexity index is 1140. The fraction of sp³-hybridized carbons (Fsp3) is 0.286. The molecule has 1 fully saturated rings. The van der Waals surface area contributed by atoms with E-state index >= 15 is 0 Å². The fourth-order valence-electron chi connectivity index (χ4n) is 3.72. The molecule has 11 heteroatoms. The second-order valence-electron chi connectivity index (χ2n) is 7.04. The molecule has 2 amide bonds. The van der Waals surface area contributed by atoms with Crippen LogP contribution in [0.15, 0.2) is 46.7 Å². The summed E-state index contributed by atoms with van der Waals surface area (Å²) in [5.41, 5.74) is 1.22. The number of carbonyl (C=O) groups excluding carboxylic acids is 3. The Morgan fingerprint density at radius 1 is 1.03 bits per heavy atom. The molecular weight excluding hydrogens is 440 g/mol. The van der Waals surface area contributed by atoms with Gasteiger partial charge in [0.15, 0.2) is 12.1 Å². The van der Waals surface area contributed by atoms with Gasteiger partial charge in [-0.25, -0.2) is 9.69 Å². The van der Waals surface area contributed by atoms with Gasteiger partial charge in [0.25, 0.3) is 11.8 Å². The number of rotatable bonds is 6. The number of fused-ring (bicyclic) bond motifs is 1. The standard InChI is InChI=1S/C21H19ClN4O6/c1-30-15-6-4-11(21(29)32-3)8-12(15)10-25-18-17(23-24-25)19(27)26(20(18)28)13-5-7-16(31-2)14(22)9-13/h4-9,17-18H,10H2,1-3H3. The number of esters is 1. The Balaban J connectivity index is 1.62. The van der Waals surface area contributed by atoms with Gasteiger partial charge in [-0.15, -0.1) is 0 Å². The summed E-state index contributed by atoms with van der Waals surface area (Å²) in [6, 6.07) is 7.53. The number of benzene rings is 2. The lowest BCUT2D eigenvalue weighted by atomic mass is 10.1. The molecular formula is C21H19ClN4O6. The molecule has 2 unspecified atom stereocenters. The number of halogens is 1. The van der Waals surface area contributed by atoms with E-state index in [1.165, 1.54) is 32.4 Å². The van der Waals surface area contributed by atoms with Crippen molar-refractivity contribution in [2.45, 2.75) is 18.6 Å². The average molecular weight is 459 g/mol. The minimum absolute atomic E-state index is 0.0922. The third-order valence-electron chi connectivity index (χ3n) is 5.29. The van der Waals surface area contributed by atoms with Crippen LogP contribution in [0.3, 0.4) is 0 Å². The molecule has 2 aliphatic heterocycles. The fourth-order valence-corrected chi connectivity index (χ4v) is 3.98. The van der Waals surface area contributed by atoms with Gasteiger partial charge in [-0.3, -0.25) is 14.6 Å². The van der Waals surface area contributed by atoms with Gasteiger partial charge in [0.05, 0.1) is 44.1 Å². The number of carbonyl (C=O) groups is 3. The zero-order chi connectivity index (χ0) is 23.0. The molecule has 2 aromatic rings. The molecule has 0 spiro atoms. The summed E-state index contributed by atoms with van der Waals surface area (Å²) < 4.78 is 15.3.